The minimum atomic E-state index is 0.293. The zero-order valence-corrected chi connectivity index (χ0v) is 10.2. The standard InChI is InChI=1S/C15H16O3/c16-15(14-10-2-1-3-11(10)14)9-4-5-12-13(8-9)18-7-6-17-12/h4-5,8,10-11,14H,1-3,6-7H2. The van der Waals surface area contributed by atoms with Crippen LogP contribution in [0, 0.1) is 17.8 Å². The molecule has 2 atom stereocenters. The number of ketones is 1. The van der Waals surface area contributed by atoms with Crippen molar-refractivity contribution in [2.45, 2.75) is 19.3 Å². The molecular weight excluding hydrogens is 228 g/mol. The average Bonchev–Trinajstić information content (AvgIpc) is 2.90. The fourth-order valence-corrected chi connectivity index (χ4v) is 3.60. The van der Waals surface area contributed by atoms with E-state index in [1.54, 1.807) is 0 Å². The van der Waals surface area contributed by atoms with Crippen LogP contribution in [0.3, 0.4) is 0 Å². The van der Waals surface area contributed by atoms with Gasteiger partial charge < -0.3 is 9.47 Å². The molecule has 1 aromatic carbocycles. The highest BCUT2D eigenvalue weighted by molar-refractivity contribution is 6.00. The number of hydrogen-bond donors (Lipinski definition) is 0. The Hall–Kier alpha value is -1.51. The van der Waals surface area contributed by atoms with Gasteiger partial charge in [-0.2, -0.15) is 0 Å². The molecule has 1 aliphatic heterocycles. The predicted octanol–water partition coefficient (Wildman–Crippen LogP) is 2.69. The smallest absolute Gasteiger partial charge is 0.166 e. The number of ether oxygens (including phenoxy) is 2. The monoisotopic (exact) mass is 244 g/mol. The summed E-state index contributed by atoms with van der Waals surface area (Å²) in [6.45, 7) is 1.16. The fraction of sp³-hybridized carbons (Fsp3) is 0.533. The van der Waals surface area contributed by atoms with E-state index in [0.717, 1.165) is 17.1 Å². The van der Waals surface area contributed by atoms with Crippen LogP contribution < -0.4 is 9.47 Å². The Balaban J connectivity index is 1.59. The van der Waals surface area contributed by atoms with Gasteiger partial charge >= 0.3 is 0 Å². The molecule has 0 saturated heterocycles. The molecular formula is C15H16O3. The van der Waals surface area contributed by atoms with Crippen molar-refractivity contribution in [3.05, 3.63) is 23.8 Å². The molecule has 2 unspecified atom stereocenters. The highest BCUT2D eigenvalue weighted by atomic mass is 16.6. The van der Waals surface area contributed by atoms with Crippen molar-refractivity contribution in [1.29, 1.82) is 0 Å². The van der Waals surface area contributed by atoms with Gasteiger partial charge in [0.25, 0.3) is 0 Å². The maximum atomic E-state index is 12.4. The summed E-state index contributed by atoms with van der Waals surface area (Å²) in [6.07, 6.45) is 3.79. The van der Waals surface area contributed by atoms with Crippen molar-refractivity contribution < 1.29 is 14.3 Å². The SMILES string of the molecule is O=C(c1ccc2c(c1)OCCO2)C1C2CCCC21. The van der Waals surface area contributed by atoms with Crippen LogP contribution in [0.1, 0.15) is 29.6 Å². The summed E-state index contributed by atoms with van der Waals surface area (Å²) >= 11 is 0. The van der Waals surface area contributed by atoms with Crippen LogP contribution in [0.15, 0.2) is 18.2 Å². The molecule has 18 heavy (non-hydrogen) atoms. The van der Waals surface area contributed by atoms with Crippen molar-refractivity contribution in [2.24, 2.45) is 17.8 Å². The van der Waals surface area contributed by atoms with Gasteiger partial charge in [-0.25, -0.2) is 0 Å². The van der Waals surface area contributed by atoms with Gasteiger partial charge in [0.2, 0.25) is 0 Å². The lowest BCUT2D eigenvalue weighted by atomic mass is 10.0. The molecule has 2 aliphatic carbocycles. The second kappa shape index (κ2) is 3.74. The number of benzene rings is 1. The number of hydrogen-bond acceptors (Lipinski definition) is 3. The molecule has 3 aliphatic rings. The lowest BCUT2D eigenvalue weighted by Crippen LogP contribution is -2.16. The molecule has 0 aromatic heterocycles. The summed E-state index contributed by atoms with van der Waals surface area (Å²) in [5.74, 6) is 3.42. The summed E-state index contributed by atoms with van der Waals surface area (Å²) in [5, 5.41) is 0. The minimum Gasteiger partial charge on any atom is -0.486 e. The van der Waals surface area contributed by atoms with Crippen LogP contribution in [0.4, 0.5) is 0 Å². The van der Waals surface area contributed by atoms with E-state index in [-0.39, 0.29) is 0 Å². The maximum Gasteiger partial charge on any atom is 0.166 e. The van der Waals surface area contributed by atoms with Gasteiger partial charge in [0.15, 0.2) is 17.3 Å². The summed E-state index contributed by atoms with van der Waals surface area (Å²) in [6, 6.07) is 5.59. The first kappa shape index (κ1) is 10.4. The van der Waals surface area contributed by atoms with Crippen molar-refractivity contribution in [3.63, 3.8) is 0 Å². The Bertz CT molecular complexity index is 498. The summed E-state index contributed by atoms with van der Waals surface area (Å²) in [7, 11) is 0. The van der Waals surface area contributed by atoms with Gasteiger partial charge in [-0.05, 0) is 42.9 Å². The van der Waals surface area contributed by atoms with E-state index in [9.17, 15) is 4.79 Å². The van der Waals surface area contributed by atoms with E-state index in [1.807, 2.05) is 18.2 Å². The van der Waals surface area contributed by atoms with Gasteiger partial charge in [0.1, 0.15) is 13.2 Å². The molecule has 3 nitrogen and oxygen atoms in total. The number of rotatable bonds is 2. The molecule has 2 fully saturated rings. The highest BCUT2D eigenvalue weighted by Crippen LogP contribution is 2.58. The Morgan fingerprint density at radius 2 is 1.78 bits per heavy atom. The lowest BCUT2D eigenvalue weighted by Gasteiger charge is -2.18. The largest absolute Gasteiger partial charge is 0.486 e. The van der Waals surface area contributed by atoms with Gasteiger partial charge in [-0.1, -0.05) is 6.42 Å². The first-order valence-corrected chi connectivity index (χ1v) is 6.78. The number of carbonyl (C=O) groups is 1. The Kier molecular flexibility index (Phi) is 2.16. The van der Waals surface area contributed by atoms with Crippen molar-refractivity contribution in [2.75, 3.05) is 13.2 Å². The van der Waals surface area contributed by atoms with Crippen LogP contribution in [0.2, 0.25) is 0 Å². The van der Waals surface area contributed by atoms with E-state index >= 15 is 0 Å². The van der Waals surface area contributed by atoms with E-state index in [2.05, 4.69) is 0 Å². The Morgan fingerprint density at radius 1 is 1.06 bits per heavy atom. The second-order valence-corrected chi connectivity index (χ2v) is 5.51. The minimum absolute atomic E-state index is 0.293. The van der Waals surface area contributed by atoms with Crippen LogP contribution in [-0.2, 0) is 0 Å². The maximum absolute atomic E-state index is 12.4. The van der Waals surface area contributed by atoms with E-state index < -0.39 is 0 Å². The second-order valence-electron chi connectivity index (χ2n) is 5.51. The quantitative estimate of drug-likeness (QED) is 0.750. The summed E-state index contributed by atoms with van der Waals surface area (Å²) < 4.78 is 11.0. The molecule has 0 N–H and O–H groups in total. The summed E-state index contributed by atoms with van der Waals surface area (Å²) in [5.41, 5.74) is 0.790. The topological polar surface area (TPSA) is 35.5 Å². The van der Waals surface area contributed by atoms with Gasteiger partial charge in [-0.15, -0.1) is 0 Å². The molecule has 0 amide bonds. The van der Waals surface area contributed by atoms with Crippen LogP contribution in [0.25, 0.3) is 0 Å². The van der Waals surface area contributed by atoms with Crippen LogP contribution >= 0.6 is 0 Å². The summed E-state index contributed by atoms with van der Waals surface area (Å²) in [4.78, 5) is 12.4. The van der Waals surface area contributed by atoms with E-state index in [1.165, 1.54) is 19.3 Å². The predicted molar refractivity (Wildman–Crippen MR) is 66.1 cm³/mol. The molecule has 0 radical (unpaired) electrons. The third kappa shape index (κ3) is 1.46. The van der Waals surface area contributed by atoms with Crippen LogP contribution in [-0.4, -0.2) is 19.0 Å². The molecule has 94 valence electrons. The van der Waals surface area contributed by atoms with E-state index in [0.29, 0.717) is 36.8 Å². The first-order valence-electron chi connectivity index (χ1n) is 6.78. The molecule has 1 aromatic rings. The first-order chi connectivity index (χ1) is 8.84. The van der Waals surface area contributed by atoms with Gasteiger partial charge in [0, 0.05) is 11.5 Å². The number of Topliss-reactive ketones (excluding diaryl/α,β-unsaturated/α-hetero) is 1. The normalized spacial score (nSPS) is 31.9. The van der Waals surface area contributed by atoms with Crippen molar-refractivity contribution in [3.8, 4) is 11.5 Å². The van der Waals surface area contributed by atoms with Gasteiger partial charge in [0.05, 0.1) is 0 Å². The third-order valence-electron chi connectivity index (χ3n) is 4.54. The molecule has 0 bridgehead atoms. The molecule has 2 saturated carbocycles. The molecule has 1 heterocycles. The molecule has 3 heteroatoms. The zero-order chi connectivity index (χ0) is 12.1. The molecule has 4 rings (SSSR count). The molecule has 0 spiro atoms. The zero-order valence-electron chi connectivity index (χ0n) is 10.2. The number of fused-ring (bicyclic) bond motifs is 2. The van der Waals surface area contributed by atoms with E-state index in [4.69, 9.17) is 9.47 Å². The van der Waals surface area contributed by atoms with Gasteiger partial charge in [-0.3, -0.25) is 4.79 Å². The number of carbonyl (C=O) groups excluding carboxylic acids is 1. The fourth-order valence-electron chi connectivity index (χ4n) is 3.60. The van der Waals surface area contributed by atoms with Crippen molar-refractivity contribution in [1.82, 2.24) is 0 Å². The highest BCUT2D eigenvalue weighted by Gasteiger charge is 2.56. The third-order valence-corrected chi connectivity index (χ3v) is 4.54. The average molecular weight is 244 g/mol. The van der Waals surface area contributed by atoms with Crippen LogP contribution in [0.5, 0.6) is 11.5 Å². The lowest BCUT2D eigenvalue weighted by molar-refractivity contribution is 0.0950. The Morgan fingerprint density at radius 3 is 2.56 bits per heavy atom. The Labute approximate surface area is 106 Å². The van der Waals surface area contributed by atoms with Crippen molar-refractivity contribution >= 4 is 5.78 Å².